The Balaban J connectivity index is 2.29. The number of methoxy groups -OCH3 is 1. The average Bonchev–Trinajstić information content (AvgIpc) is 2.78. The number of nitrogens with two attached hydrogens (primary N) is 1. The average molecular weight is 235 g/mol. The molecule has 1 heterocycles. The van der Waals surface area contributed by atoms with Crippen molar-refractivity contribution >= 4 is 0 Å². The maximum Gasteiger partial charge on any atom is 0.165 e. The van der Waals surface area contributed by atoms with Gasteiger partial charge in [0, 0.05) is 17.7 Å². The van der Waals surface area contributed by atoms with E-state index in [0.717, 1.165) is 12.1 Å². The molecule has 0 aliphatic heterocycles. The van der Waals surface area contributed by atoms with E-state index in [4.69, 9.17) is 10.5 Å². The monoisotopic (exact) mass is 235 g/mol. The first kappa shape index (κ1) is 11.6. The summed E-state index contributed by atoms with van der Waals surface area (Å²) in [5.74, 6) is -0.167. The first-order valence-electron chi connectivity index (χ1n) is 5.33. The highest BCUT2D eigenvalue weighted by atomic mass is 19.1. The van der Waals surface area contributed by atoms with E-state index in [0.29, 0.717) is 17.8 Å². The molecule has 2 rings (SSSR count). The number of H-pyrrole nitrogens is 1. The zero-order valence-electron chi connectivity index (χ0n) is 9.53. The fourth-order valence-corrected chi connectivity index (χ4v) is 1.62. The highest BCUT2D eigenvalue weighted by Crippen LogP contribution is 2.24. The van der Waals surface area contributed by atoms with Crippen LogP contribution in [0.15, 0.2) is 24.3 Å². The van der Waals surface area contributed by atoms with Crippen LogP contribution in [0.1, 0.15) is 5.69 Å². The molecule has 5 heteroatoms. The third-order valence-electron chi connectivity index (χ3n) is 2.49. The van der Waals surface area contributed by atoms with Crippen molar-refractivity contribution in [3.63, 3.8) is 0 Å². The standard InChI is InChI=1S/C12H14FN3O/c1-17-12-3-2-8(6-10(12)13)11-7-9(4-5-14)15-16-11/h2-3,6-7H,4-5,14H2,1H3,(H,15,16). The topological polar surface area (TPSA) is 63.9 Å². The third kappa shape index (κ3) is 2.45. The smallest absolute Gasteiger partial charge is 0.165 e. The Kier molecular flexibility index (Phi) is 3.39. The molecule has 17 heavy (non-hydrogen) atoms. The number of nitrogens with zero attached hydrogens (tertiary/aromatic N) is 1. The van der Waals surface area contributed by atoms with Gasteiger partial charge in [0.1, 0.15) is 0 Å². The summed E-state index contributed by atoms with van der Waals surface area (Å²) in [7, 11) is 1.44. The Morgan fingerprint density at radius 2 is 2.24 bits per heavy atom. The third-order valence-corrected chi connectivity index (χ3v) is 2.49. The largest absolute Gasteiger partial charge is 0.494 e. The number of ether oxygens (including phenoxy) is 1. The summed E-state index contributed by atoms with van der Waals surface area (Å²) < 4.78 is 18.4. The maximum atomic E-state index is 13.5. The van der Waals surface area contributed by atoms with Crippen molar-refractivity contribution in [1.82, 2.24) is 10.2 Å². The quantitative estimate of drug-likeness (QED) is 0.848. The number of aromatic nitrogens is 2. The minimum Gasteiger partial charge on any atom is -0.494 e. The van der Waals surface area contributed by atoms with Gasteiger partial charge in [-0.1, -0.05) is 0 Å². The van der Waals surface area contributed by atoms with Gasteiger partial charge in [0.05, 0.1) is 12.8 Å². The van der Waals surface area contributed by atoms with Crippen LogP contribution in [-0.4, -0.2) is 23.9 Å². The van der Waals surface area contributed by atoms with Crippen LogP contribution in [0, 0.1) is 5.82 Å². The van der Waals surface area contributed by atoms with Gasteiger partial charge in [0.2, 0.25) is 0 Å². The van der Waals surface area contributed by atoms with Crippen LogP contribution in [0.2, 0.25) is 0 Å². The predicted octanol–water partition coefficient (Wildman–Crippen LogP) is 1.73. The van der Waals surface area contributed by atoms with Crippen molar-refractivity contribution in [2.24, 2.45) is 5.73 Å². The van der Waals surface area contributed by atoms with Gasteiger partial charge >= 0.3 is 0 Å². The molecule has 0 amide bonds. The summed E-state index contributed by atoms with van der Waals surface area (Å²) >= 11 is 0. The summed E-state index contributed by atoms with van der Waals surface area (Å²) in [6.07, 6.45) is 0.728. The predicted molar refractivity (Wildman–Crippen MR) is 63.3 cm³/mol. The molecule has 2 aromatic rings. The molecule has 0 unspecified atom stereocenters. The Morgan fingerprint density at radius 3 is 2.88 bits per heavy atom. The van der Waals surface area contributed by atoms with Crippen molar-refractivity contribution in [3.8, 4) is 17.0 Å². The molecule has 0 saturated heterocycles. The molecule has 0 saturated carbocycles. The second kappa shape index (κ2) is 4.97. The van der Waals surface area contributed by atoms with Crippen molar-refractivity contribution in [1.29, 1.82) is 0 Å². The highest BCUT2D eigenvalue weighted by molar-refractivity contribution is 5.60. The zero-order chi connectivity index (χ0) is 12.3. The molecule has 90 valence electrons. The van der Waals surface area contributed by atoms with E-state index in [2.05, 4.69) is 10.2 Å². The van der Waals surface area contributed by atoms with E-state index in [1.54, 1.807) is 12.1 Å². The molecule has 4 nitrogen and oxygen atoms in total. The Hall–Kier alpha value is -1.88. The van der Waals surface area contributed by atoms with E-state index in [9.17, 15) is 4.39 Å². The first-order chi connectivity index (χ1) is 8.24. The van der Waals surface area contributed by atoms with Crippen molar-refractivity contribution in [3.05, 3.63) is 35.8 Å². The number of benzene rings is 1. The van der Waals surface area contributed by atoms with Crippen LogP contribution in [0.25, 0.3) is 11.3 Å². The SMILES string of the molecule is COc1ccc(-c2cc(CCN)[nH]n2)cc1F. The number of halogens is 1. The minimum absolute atomic E-state index is 0.228. The lowest BCUT2D eigenvalue weighted by molar-refractivity contribution is 0.386. The van der Waals surface area contributed by atoms with E-state index in [1.165, 1.54) is 13.2 Å². The lowest BCUT2D eigenvalue weighted by atomic mass is 10.1. The highest BCUT2D eigenvalue weighted by Gasteiger charge is 2.08. The molecule has 0 aliphatic carbocycles. The minimum atomic E-state index is -0.395. The van der Waals surface area contributed by atoms with Gasteiger partial charge in [-0.3, -0.25) is 5.10 Å². The Morgan fingerprint density at radius 1 is 1.41 bits per heavy atom. The Bertz CT molecular complexity index is 510. The normalized spacial score (nSPS) is 10.5. The second-order valence-corrected chi connectivity index (χ2v) is 3.67. The van der Waals surface area contributed by atoms with Gasteiger partial charge in [-0.05, 0) is 30.8 Å². The molecule has 0 radical (unpaired) electrons. The van der Waals surface area contributed by atoms with E-state index in [1.807, 2.05) is 6.07 Å². The van der Waals surface area contributed by atoms with E-state index >= 15 is 0 Å². The van der Waals surface area contributed by atoms with Gasteiger partial charge in [0.15, 0.2) is 11.6 Å². The number of rotatable bonds is 4. The van der Waals surface area contributed by atoms with Crippen LogP contribution in [0.5, 0.6) is 5.75 Å². The summed E-state index contributed by atoms with van der Waals surface area (Å²) in [5.41, 5.74) is 7.80. The van der Waals surface area contributed by atoms with Gasteiger partial charge < -0.3 is 10.5 Å². The van der Waals surface area contributed by atoms with Crippen LogP contribution in [-0.2, 0) is 6.42 Å². The van der Waals surface area contributed by atoms with Crippen LogP contribution < -0.4 is 10.5 Å². The number of aromatic amines is 1. The fourth-order valence-electron chi connectivity index (χ4n) is 1.62. The molecule has 1 aromatic carbocycles. The molecule has 3 N–H and O–H groups in total. The van der Waals surface area contributed by atoms with Crippen LogP contribution >= 0.6 is 0 Å². The molecule has 0 aliphatic rings. The maximum absolute atomic E-state index is 13.5. The van der Waals surface area contributed by atoms with Gasteiger partial charge in [-0.2, -0.15) is 5.10 Å². The molecule has 0 atom stereocenters. The van der Waals surface area contributed by atoms with E-state index in [-0.39, 0.29) is 5.75 Å². The lowest BCUT2D eigenvalue weighted by Crippen LogP contribution is -2.02. The molecule has 1 aromatic heterocycles. The lowest BCUT2D eigenvalue weighted by Gasteiger charge is -2.02. The van der Waals surface area contributed by atoms with Crippen molar-refractivity contribution in [2.75, 3.05) is 13.7 Å². The van der Waals surface area contributed by atoms with Gasteiger partial charge in [0.25, 0.3) is 0 Å². The van der Waals surface area contributed by atoms with Gasteiger partial charge in [-0.15, -0.1) is 0 Å². The number of nitrogens with one attached hydrogen (secondary N) is 1. The summed E-state index contributed by atoms with van der Waals surface area (Å²) in [6, 6.07) is 6.63. The summed E-state index contributed by atoms with van der Waals surface area (Å²) in [5, 5.41) is 6.98. The van der Waals surface area contributed by atoms with Crippen molar-refractivity contribution in [2.45, 2.75) is 6.42 Å². The number of hydrogen-bond donors (Lipinski definition) is 2. The van der Waals surface area contributed by atoms with Crippen LogP contribution in [0.4, 0.5) is 4.39 Å². The Labute approximate surface area is 98.6 Å². The second-order valence-electron chi connectivity index (χ2n) is 3.67. The fraction of sp³-hybridized carbons (Fsp3) is 0.250. The molecular weight excluding hydrogens is 221 g/mol. The molecular formula is C12H14FN3O. The molecule has 0 spiro atoms. The molecule has 0 bridgehead atoms. The first-order valence-corrected chi connectivity index (χ1v) is 5.33. The van der Waals surface area contributed by atoms with Crippen molar-refractivity contribution < 1.29 is 9.13 Å². The summed E-state index contributed by atoms with van der Waals surface area (Å²) in [6.45, 7) is 0.554. The molecule has 0 fully saturated rings. The number of hydrogen-bond acceptors (Lipinski definition) is 3. The summed E-state index contributed by atoms with van der Waals surface area (Å²) in [4.78, 5) is 0. The van der Waals surface area contributed by atoms with E-state index < -0.39 is 5.82 Å². The van der Waals surface area contributed by atoms with Crippen LogP contribution in [0.3, 0.4) is 0 Å². The zero-order valence-corrected chi connectivity index (χ0v) is 9.53. The van der Waals surface area contributed by atoms with Gasteiger partial charge in [-0.25, -0.2) is 4.39 Å².